The first-order valence-electron chi connectivity index (χ1n) is 3.98. The monoisotopic (exact) mass is 192 g/mol. The van der Waals surface area contributed by atoms with Gasteiger partial charge in [-0.2, -0.15) is 0 Å². The molecular weight excluding hydrogens is 176 g/mol. The molecule has 0 saturated heterocycles. The summed E-state index contributed by atoms with van der Waals surface area (Å²) < 4.78 is 0. The van der Waals surface area contributed by atoms with Crippen LogP contribution in [0.3, 0.4) is 0 Å². The standard InChI is InChI=1S/C8H16O5/c1-2-3-5(10)7(12)8(13)6(11)4-9/h2,5-13H,1,3-4H2/t5?,6-,7-,8-/m0/s1. The number of hydrogen-bond donors (Lipinski definition) is 5. The van der Waals surface area contributed by atoms with Gasteiger partial charge >= 0.3 is 0 Å². The lowest BCUT2D eigenvalue weighted by molar-refractivity contribution is -0.113. The van der Waals surface area contributed by atoms with E-state index >= 15 is 0 Å². The zero-order valence-corrected chi connectivity index (χ0v) is 7.24. The van der Waals surface area contributed by atoms with Gasteiger partial charge in [0, 0.05) is 0 Å². The maximum atomic E-state index is 9.20. The second-order valence-electron chi connectivity index (χ2n) is 2.82. The van der Waals surface area contributed by atoms with Gasteiger partial charge < -0.3 is 25.5 Å². The molecule has 4 atom stereocenters. The minimum absolute atomic E-state index is 0.108. The molecule has 5 heteroatoms. The van der Waals surface area contributed by atoms with E-state index in [4.69, 9.17) is 20.4 Å². The van der Waals surface area contributed by atoms with Gasteiger partial charge in [-0.3, -0.25) is 0 Å². The molecule has 0 aromatic rings. The molecule has 0 aliphatic heterocycles. The van der Waals surface area contributed by atoms with Crippen LogP contribution in [0, 0.1) is 0 Å². The topological polar surface area (TPSA) is 101 Å². The molecule has 0 radical (unpaired) electrons. The first-order chi connectivity index (χ1) is 6.04. The van der Waals surface area contributed by atoms with Crippen molar-refractivity contribution >= 4 is 0 Å². The van der Waals surface area contributed by atoms with Crippen LogP contribution in [0.15, 0.2) is 12.7 Å². The normalized spacial score (nSPS) is 20.4. The van der Waals surface area contributed by atoms with Crippen LogP contribution < -0.4 is 0 Å². The van der Waals surface area contributed by atoms with Gasteiger partial charge in [-0.05, 0) is 6.42 Å². The Morgan fingerprint density at radius 2 is 1.46 bits per heavy atom. The summed E-state index contributed by atoms with van der Waals surface area (Å²) in [6, 6.07) is 0. The van der Waals surface area contributed by atoms with Crippen molar-refractivity contribution in [1.82, 2.24) is 0 Å². The van der Waals surface area contributed by atoms with Crippen molar-refractivity contribution in [3.8, 4) is 0 Å². The van der Waals surface area contributed by atoms with Crippen LogP contribution in [-0.2, 0) is 0 Å². The van der Waals surface area contributed by atoms with Crippen molar-refractivity contribution < 1.29 is 25.5 Å². The molecule has 0 spiro atoms. The van der Waals surface area contributed by atoms with E-state index in [1.807, 2.05) is 0 Å². The van der Waals surface area contributed by atoms with E-state index in [1.165, 1.54) is 6.08 Å². The third kappa shape index (κ3) is 3.84. The Morgan fingerprint density at radius 3 is 1.85 bits per heavy atom. The summed E-state index contributed by atoms with van der Waals surface area (Å²) in [6.45, 7) is 2.68. The lowest BCUT2D eigenvalue weighted by Crippen LogP contribution is -2.45. The minimum Gasteiger partial charge on any atom is -0.394 e. The van der Waals surface area contributed by atoms with Crippen LogP contribution in [0.1, 0.15) is 6.42 Å². The number of rotatable bonds is 6. The molecule has 0 aliphatic rings. The average molecular weight is 192 g/mol. The Labute approximate surface area is 76.6 Å². The Hall–Kier alpha value is -0.460. The highest BCUT2D eigenvalue weighted by molar-refractivity contribution is 4.84. The zero-order chi connectivity index (χ0) is 10.4. The summed E-state index contributed by atoms with van der Waals surface area (Å²) in [6.07, 6.45) is -4.19. The average Bonchev–Trinajstić information content (AvgIpc) is 2.14. The lowest BCUT2D eigenvalue weighted by atomic mass is 10.0. The van der Waals surface area contributed by atoms with Gasteiger partial charge in [-0.15, -0.1) is 6.58 Å². The minimum atomic E-state index is -1.56. The maximum absolute atomic E-state index is 9.20. The molecule has 0 bridgehead atoms. The molecule has 5 nitrogen and oxygen atoms in total. The fraction of sp³-hybridized carbons (Fsp3) is 0.750. The predicted octanol–water partition coefficient (Wildman–Crippen LogP) is -2.00. The van der Waals surface area contributed by atoms with Gasteiger partial charge in [0.05, 0.1) is 12.7 Å². The smallest absolute Gasteiger partial charge is 0.110 e. The SMILES string of the molecule is C=CCC(O)[C@H](O)[C@@H](O)[C@@H](O)CO. The molecular formula is C8H16O5. The van der Waals surface area contributed by atoms with Crippen molar-refractivity contribution in [1.29, 1.82) is 0 Å². The van der Waals surface area contributed by atoms with Gasteiger partial charge in [-0.25, -0.2) is 0 Å². The largest absolute Gasteiger partial charge is 0.394 e. The van der Waals surface area contributed by atoms with Gasteiger partial charge in [0.1, 0.15) is 18.3 Å². The van der Waals surface area contributed by atoms with E-state index in [9.17, 15) is 5.11 Å². The highest BCUT2D eigenvalue weighted by Gasteiger charge is 2.28. The summed E-state index contributed by atoms with van der Waals surface area (Å²) in [5.74, 6) is 0. The highest BCUT2D eigenvalue weighted by Crippen LogP contribution is 2.07. The summed E-state index contributed by atoms with van der Waals surface area (Å²) in [7, 11) is 0. The molecule has 0 aromatic heterocycles. The lowest BCUT2D eigenvalue weighted by Gasteiger charge is -2.24. The van der Waals surface area contributed by atoms with E-state index in [0.29, 0.717) is 0 Å². The van der Waals surface area contributed by atoms with Crippen molar-refractivity contribution in [2.24, 2.45) is 0 Å². The maximum Gasteiger partial charge on any atom is 0.110 e. The summed E-state index contributed by atoms with van der Waals surface area (Å²) >= 11 is 0. The van der Waals surface area contributed by atoms with Gasteiger partial charge in [0.15, 0.2) is 0 Å². The quantitative estimate of drug-likeness (QED) is 0.313. The van der Waals surface area contributed by atoms with Gasteiger partial charge in [0.25, 0.3) is 0 Å². The van der Waals surface area contributed by atoms with Crippen molar-refractivity contribution in [3.05, 3.63) is 12.7 Å². The van der Waals surface area contributed by atoms with Crippen LogP contribution in [0.4, 0.5) is 0 Å². The van der Waals surface area contributed by atoms with E-state index in [1.54, 1.807) is 0 Å². The third-order valence-electron chi connectivity index (χ3n) is 1.73. The van der Waals surface area contributed by atoms with Crippen LogP contribution in [0.5, 0.6) is 0 Å². The van der Waals surface area contributed by atoms with Crippen molar-refractivity contribution in [2.45, 2.75) is 30.8 Å². The van der Waals surface area contributed by atoms with E-state index < -0.39 is 31.0 Å². The zero-order valence-electron chi connectivity index (χ0n) is 7.24. The molecule has 0 amide bonds. The van der Waals surface area contributed by atoms with Crippen molar-refractivity contribution in [3.63, 3.8) is 0 Å². The van der Waals surface area contributed by atoms with Crippen LogP contribution >= 0.6 is 0 Å². The molecule has 0 aliphatic carbocycles. The molecule has 78 valence electrons. The van der Waals surface area contributed by atoms with E-state index in [0.717, 1.165) is 0 Å². The first-order valence-corrected chi connectivity index (χ1v) is 3.98. The van der Waals surface area contributed by atoms with Crippen LogP contribution in [-0.4, -0.2) is 56.6 Å². The molecule has 0 rings (SSSR count). The highest BCUT2D eigenvalue weighted by atomic mass is 16.4. The van der Waals surface area contributed by atoms with E-state index in [2.05, 4.69) is 6.58 Å². The molecule has 13 heavy (non-hydrogen) atoms. The summed E-state index contributed by atoms with van der Waals surface area (Å²) in [5, 5.41) is 44.8. The molecule has 0 saturated carbocycles. The molecule has 0 heterocycles. The Bertz CT molecular complexity index is 149. The van der Waals surface area contributed by atoms with E-state index in [-0.39, 0.29) is 6.42 Å². The first kappa shape index (κ1) is 12.5. The second kappa shape index (κ2) is 6.06. The fourth-order valence-electron chi connectivity index (χ4n) is 0.873. The Kier molecular flexibility index (Phi) is 5.85. The number of aliphatic hydroxyl groups excluding tert-OH is 5. The summed E-state index contributed by atoms with van der Waals surface area (Å²) in [4.78, 5) is 0. The molecule has 0 aromatic carbocycles. The second-order valence-corrected chi connectivity index (χ2v) is 2.82. The van der Waals surface area contributed by atoms with Crippen LogP contribution in [0.2, 0.25) is 0 Å². The fourth-order valence-corrected chi connectivity index (χ4v) is 0.873. The third-order valence-corrected chi connectivity index (χ3v) is 1.73. The van der Waals surface area contributed by atoms with Crippen molar-refractivity contribution in [2.75, 3.05) is 6.61 Å². The van der Waals surface area contributed by atoms with Crippen LogP contribution in [0.25, 0.3) is 0 Å². The molecule has 5 N–H and O–H groups in total. The Balaban J connectivity index is 4.06. The number of hydrogen-bond acceptors (Lipinski definition) is 5. The summed E-state index contributed by atoms with van der Waals surface area (Å²) in [5.41, 5.74) is 0. The Morgan fingerprint density at radius 1 is 1.00 bits per heavy atom. The molecule has 0 fully saturated rings. The molecule has 1 unspecified atom stereocenters. The van der Waals surface area contributed by atoms with Gasteiger partial charge in [-0.1, -0.05) is 6.08 Å². The number of aliphatic hydroxyl groups is 5. The van der Waals surface area contributed by atoms with Gasteiger partial charge in [0.2, 0.25) is 0 Å². The predicted molar refractivity (Wildman–Crippen MR) is 45.9 cm³/mol.